The third-order valence-electron chi connectivity index (χ3n) is 2.35. The Hall–Kier alpha value is -1.82. The molecule has 1 aromatic rings. The minimum absolute atomic E-state index is 0.0882. The second-order valence-corrected chi connectivity index (χ2v) is 3.68. The lowest BCUT2D eigenvalue weighted by Crippen LogP contribution is -2.34. The van der Waals surface area contributed by atoms with Crippen LogP contribution in [0, 0.1) is 0 Å². The Bertz CT molecular complexity index is 394. The van der Waals surface area contributed by atoms with Crippen molar-refractivity contribution in [2.75, 3.05) is 19.7 Å². The van der Waals surface area contributed by atoms with E-state index in [1.54, 1.807) is 0 Å². The van der Waals surface area contributed by atoms with Crippen molar-refractivity contribution in [2.24, 2.45) is 5.73 Å². The van der Waals surface area contributed by atoms with Crippen LogP contribution in [0.5, 0.6) is 0 Å². The third-order valence-corrected chi connectivity index (χ3v) is 2.35. The van der Waals surface area contributed by atoms with Gasteiger partial charge in [-0.25, -0.2) is 0 Å². The maximum atomic E-state index is 12.0. The summed E-state index contributed by atoms with van der Waals surface area (Å²) in [6.45, 7) is 2.69. The second-order valence-electron chi connectivity index (χ2n) is 3.68. The lowest BCUT2D eigenvalue weighted by molar-refractivity contribution is 0.0717. The first-order chi connectivity index (χ1) is 8.10. The number of aromatic nitrogens is 1. The Morgan fingerprint density at radius 1 is 1.47 bits per heavy atom. The van der Waals surface area contributed by atoms with Crippen LogP contribution in [0.4, 0.5) is 0 Å². The fourth-order valence-electron chi connectivity index (χ4n) is 1.54. The van der Waals surface area contributed by atoms with E-state index in [4.69, 9.17) is 10.8 Å². The average molecular weight is 239 g/mol. The number of rotatable bonds is 6. The van der Waals surface area contributed by atoms with Crippen molar-refractivity contribution >= 4 is 11.8 Å². The highest BCUT2D eigenvalue weighted by atomic mass is 16.3. The van der Waals surface area contributed by atoms with Crippen LogP contribution in [-0.4, -0.2) is 46.5 Å². The van der Waals surface area contributed by atoms with Crippen LogP contribution in [0.15, 0.2) is 12.3 Å². The van der Waals surface area contributed by atoms with E-state index in [1.807, 2.05) is 6.92 Å². The summed E-state index contributed by atoms with van der Waals surface area (Å²) in [4.78, 5) is 27.1. The highest BCUT2D eigenvalue weighted by Crippen LogP contribution is 2.07. The van der Waals surface area contributed by atoms with E-state index in [1.165, 1.54) is 17.2 Å². The molecule has 1 aromatic heterocycles. The Kier molecular flexibility index (Phi) is 4.71. The number of hydrogen-bond donors (Lipinski definition) is 3. The Balaban J connectivity index is 2.81. The second kappa shape index (κ2) is 6.05. The molecule has 17 heavy (non-hydrogen) atoms. The quantitative estimate of drug-likeness (QED) is 0.649. The number of primary amides is 1. The molecule has 0 aliphatic carbocycles. The number of carbonyl (C=O) groups is 2. The predicted octanol–water partition coefficient (Wildman–Crippen LogP) is -0.0419. The standard InChI is InChI=1S/C11H17N3O3/c1-2-3-14(4-5-15)11(17)9-6-8(7-13-9)10(12)16/h6-7,13,15H,2-5H2,1H3,(H2,12,16). The van der Waals surface area contributed by atoms with Gasteiger partial charge in [-0.2, -0.15) is 0 Å². The third kappa shape index (κ3) is 3.32. The van der Waals surface area contributed by atoms with Crippen molar-refractivity contribution in [3.8, 4) is 0 Å². The lowest BCUT2D eigenvalue weighted by Gasteiger charge is -2.20. The van der Waals surface area contributed by atoms with E-state index >= 15 is 0 Å². The van der Waals surface area contributed by atoms with Crippen molar-refractivity contribution in [1.82, 2.24) is 9.88 Å². The van der Waals surface area contributed by atoms with Crippen molar-refractivity contribution in [3.63, 3.8) is 0 Å². The molecule has 2 amide bonds. The Morgan fingerprint density at radius 3 is 2.65 bits per heavy atom. The van der Waals surface area contributed by atoms with Gasteiger partial charge in [-0.05, 0) is 12.5 Å². The van der Waals surface area contributed by atoms with E-state index < -0.39 is 5.91 Å². The van der Waals surface area contributed by atoms with Gasteiger partial charge in [0, 0.05) is 19.3 Å². The SMILES string of the molecule is CCCN(CCO)C(=O)c1cc(C(N)=O)c[nH]1. The molecular weight excluding hydrogens is 222 g/mol. The summed E-state index contributed by atoms with van der Waals surface area (Å²) in [5.74, 6) is -0.821. The van der Waals surface area contributed by atoms with E-state index in [0.29, 0.717) is 12.2 Å². The molecule has 1 heterocycles. The molecule has 0 saturated carbocycles. The van der Waals surface area contributed by atoms with Crippen molar-refractivity contribution < 1.29 is 14.7 Å². The van der Waals surface area contributed by atoms with Gasteiger partial charge >= 0.3 is 0 Å². The maximum absolute atomic E-state index is 12.0. The van der Waals surface area contributed by atoms with E-state index in [-0.39, 0.29) is 24.6 Å². The fraction of sp³-hybridized carbons (Fsp3) is 0.455. The summed E-state index contributed by atoms with van der Waals surface area (Å²) in [6, 6.07) is 1.42. The van der Waals surface area contributed by atoms with Crippen molar-refractivity contribution in [3.05, 3.63) is 23.5 Å². The van der Waals surface area contributed by atoms with Crippen LogP contribution in [0.3, 0.4) is 0 Å². The zero-order valence-electron chi connectivity index (χ0n) is 9.77. The first kappa shape index (κ1) is 13.2. The number of aliphatic hydroxyl groups is 1. The van der Waals surface area contributed by atoms with Crippen LogP contribution in [-0.2, 0) is 0 Å². The average Bonchev–Trinajstić information content (AvgIpc) is 2.77. The molecule has 0 aliphatic rings. The van der Waals surface area contributed by atoms with Gasteiger partial charge in [0.1, 0.15) is 5.69 Å². The molecule has 0 saturated heterocycles. The molecule has 0 spiro atoms. The zero-order valence-corrected chi connectivity index (χ0v) is 9.77. The van der Waals surface area contributed by atoms with Gasteiger partial charge in [-0.15, -0.1) is 0 Å². The molecule has 0 aliphatic heterocycles. The predicted molar refractivity (Wildman–Crippen MR) is 62.6 cm³/mol. The van der Waals surface area contributed by atoms with Gasteiger partial charge in [-0.3, -0.25) is 9.59 Å². The molecule has 0 radical (unpaired) electrons. The van der Waals surface area contributed by atoms with Gasteiger partial charge in [0.15, 0.2) is 0 Å². The van der Waals surface area contributed by atoms with Crippen LogP contribution >= 0.6 is 0 Å². The number of amides is 2. The molecule has 1 rings (SSSR count). The normalized spacial score (nSPS) is 10.2. The summed E-state index contributed by atoms with van der Waals surface area (Å²) in [6.07, 6.45) is 2.20. The minimum Gasteiger partial charge on any atom is -0.395 e. The first-order valence-corrected chi connectivity index (χ1v) is 5.48. The summed E-state index contributed by atoms with van der Waals surface area (Å²) in [5.41, 5.74) is 5.68. The molecule has 0 unspecified atom stereocenters. The van der Waals surface area contributed by atoms with Gasteiger partial charge in [0.2, 0.25) is 5.91 Å². The van der Waals surface area contributed by atoms with E-state index in [0.717, 1.165) is 6.42 Å². The zero-order chi connectivity index (χ0) is 12.8. The number of nitrogens with zero attached hydrogens (tertiary/aromatic N) is 1. The van der Waals surface area contributed by atoms with Crippen LogP contribution in [0.2, 0.25) is 0 Å². The first-order valence-electron chi connectivity index (χ1n) is 5.48. The summed E-state index contributed by atoms with van der Waals surface area (Å²) < 4.78 is 0. The number of H-pyrrole nitrogens is 1. The summed E-state index contributed by atoms with van der Waals surface area (Å²) >= 11 is 0. The van der Waals surface area contributed by atoms with Gasteiger partial charge in [0.25, 0.3) is 5.91 Å². The van der Waals surface area contributed by atoms with E-state index in [2.05, 4.69) is 4.98 Å². The topological polar surface area (TPSA) is 99.4 Å². The lowest BCUT2D eigenvalue weighted by atomic mass is 10.2. The largest absolute Gasteiger partial charge is 0.395 e. The number of hydrogen-bond acceptors (Lipinski definition) is 3. The van der Waals surface area contributed by atoms with E-state index in [9.17, 15) is 9.59 Å². The van der Waals surface area contributed by atoms with Gasteiger partial charge < -0.3 is 20.7 Å². The number of nitrogens with two attached hydrogens (primary N) is 1. The monoisotopic (exact) mass is 239 g/mol. The van der Waals surface area contributed by atoms with Crippen LogP contribution in [0.1, 0.15) is 34.2 Å². The van der Waals surface area contributed by atoms with Crippen molar-refractivity contribution in [2.45, 2.75) is 13.3 Å². The maximum Gasteiger partial charge on any atom is 0.270 e. The Labute approximate surface area is 99.4 Å². The van der Waals surface area contributed by atoms with Gasteiger partial charge in [-0.1, -0.05) is 6.92 Å². The summed E-state index contributed by atoms with van der Waals surface area (Å²) in [7, 11) is 0. The molecule has 0 aromatic carbocycles. The molecule has 6 heteroatoms. The molecule has 0 bridgehead atoms. The minimum atomic E-state index is -0.579. The highest BCUT2D eigenvalue weighted by Gasteiger charge is 2.17. The van der Waals surface area contributed by atoms with Crippen LogP contribution in [0.25, 0.3) is 0 Å². The smallest absolute Gasteiger partial charge is 0.270 e. The number of aromatic amines is 1. The van der Waals surface area contributed by atoms with Crippen LogP contribution < -0.4 is 5.73 Å². The number of carbonyl (C=O) groups excluding carboxylic acids is 2. The molecule has 0 atom stereocenters. The molecular formula is C11H17N3O3. The Morgan fingerprint density at radius 2 is 2.18 bits per heavy atom. The molecule has 94 valence electrons. The number of aliphatic hydroxyl groups excluding tert-OH is 1. The van der Waals surface area contributed by atoms with Crippen molar-refractivity contribution in [1.29, 1.82) is 0 Å². The molecule has 4 N–H and O–H groups in total. The van der Waals surface area contributed by atoms with Gasteiger partial charge in [0.05, 0.1) is 12.2 Å². The summed E-state index contributed by atoms with van der Waals surface area (Å²) in [5, 5.41) is 8.87. The molecule has 6 nitrogen and oxygen atoms in total. The number of nitrogens with one attached hydrogen (secondary N) is 1. The highest BCUT2D eigenvalue weighted by molar-refractivity contribution is 5.98. The fourth-order valence-corrected chi connectivity index (χ4v) is 1.54. The molecule has 0 fully saturated rings.